The Bertz CT molecular complexity index is 428. The number of nitrogens with zero attached hydrogens (tertiary/aromatic N) is 2. The molecular formula is C11H11ClN2O. The van der Waals surface area contributed by atoms with E-state index in [0.717, 1.165) is 17.8 Å². The van der Waals surface area contributed by atoms with Crippen LogP contribution in [0, 0.1) is 0 Å². The molecule has 2 aromatic heterocycles. The number of hydrogen-bond donors (Lipinski definition) is 0. The second-order valence-electron chi connectivity index (χ2n) is 3.32. The first-order valence-electron chi connectivity index (χ1n) is 4.59. The Labute approximate surface area is 93.3 Å². The molecule has 3 nitrogen and oxygen atoms in total. The predicted molar refractivity (Wildman–Crippen MR) is 60.1 cm³/mol. The molecule has 0 aliphatic heterocycles. The predicted octanol–water partition coefficient (Wildman–Crippen LogP) is 2.96. The zero-order valence-electron chi connectivity index (χ0n) is 8.35. The largest absolute Gasteiger partial charge is 0.472 e. The van der Waals surface area contributed by atoms with Gasteiger partial charge in [-0.15, -0.1) is 0 Å². The van der Waals surface area contributed by atoms with E-state index in [0.29, 0.717) is 5.15 Å². The molecule has 0 aliphatic carbocycles. The van der Waals surface area contributed by atoms with Crippen molar-refractivity contribution in [1.29, 1.82) is 0 Å². The minimum atomic E-state index is 0.506. The lowest BCUT2D eigenvalue weighted by molar-refractivity contribution is 0.563. The van der Waals surface area contributed by atoms with Gasteiger partial charge in [-0.2, -0.15) is 0 Å². The summed E-state index contributed by atoms with van der Waals surface area (Å²) in [6.07, 6.45) is 5.10. The van der Waals surface area contributed by atoms with Crippen LogP contribution in [0.25, 0.3) is 0 Å². The fraction of sp³-hybridized carbons (Fsp3) is 0.182. The normalized spacial score (nSPS) is 10.3. The van der Waals surface area contributed by atoms with Gasteiger partial charge in [0.2, 0.25) is 0 Å². The van der Waals surface area contributed by atoms with Crippen LogP contribution < -0.4 is 4.90 Å². The van der Waals surface area contributed by atoms with Gasteiger partial charge in [0.15, 0.2) is 0 Å². The molecule has 15 heavy (non-hydrogen) atoms. The van der Waals surface area contributed by atoms with E-state index >= 15 is 0 Å². The Morgan fingerprint density at radius 3 is 3.00 bits per heavy atom. The fourth-order valence-corrected chi connectivity index (χ4v) is 1.55. The first kappa shape index (κ1) is 10.1. The van der Waals surface area contributed by atoms with Crippen LogP contribution in [0.3, 0.4) is 0 Å². The van der Waals surface area contributed by atoms with Crippen molar-refractivity contribution in [2.24, 2.45) is 0 Å². The molecule has 2 aromatic rings. The van der Waals surface area contributed by atoms with Gasteiger partial charge in [-0.1, -0.05) is 11.6 Å². The molecule has 0 aromatic carbocycles. The summed E-state index contributed by atoms with van der Waals surface area (Å²) in [4.78, 5) is 6.02. The van der Waals surface area contributed by atoms with Gasteiger partial charge in [0.05, 0.1) is 12.5 Å². The highest BCUT2D eigenvalue weighted by Crippen LogP contribution is 2.18. The lowest BCUT2D eigenvalue weighted by Crippen LogP contribution is -2.15. The SMILES string of the molecule is CN(Cc1ccoc1)c1ccnc(Cl)c1. The van der Waals surface area contributed by atoms with Gasteiger partial charge >= 0.3 is 0 Å². The van der Waals surface area contributed by atoms with Crippen molar-refractivity contribution in [3.8, 4) is 0 Å². The Kier molecular flexibility index (Phi) is 2.92. The Balaban J connectivity index is 2.11. The van der Waals surface area contributed by atoms with Crippen LogP contribution in [-0.2, 0) is 6.54 Å². The summed E-state index contributed by atoms with van der Waals surface area (Å²) in [5.41, 5.74) is 2.17. The zero-order chi connectivity index (χ0) is 10.7. The van der Waals surface area contributed by atoms with E-state index in [1.807, 2.05) is 25.2 Å². The van der Waals surface area contributed by atoms with Crippen molar-refractivity contribution < 1.29 is 4.42 Å². The summed E-state index contributed by atoms with van der Waals surface area (Å²) in [5, 5.41) is 0.506. The van der Waals surface area contributed by atoms with Crippen LogP contribution in [0.5, 0.6) is 0 Å². The van der Waals surface area contributed by atoms with Gasteiger partial charge in [0.1, 0.15) is 5.15 Å². The van der Waals surface area contributed by atoms with Crippen LogP contribution in [0.2, 0.25) is 5.15 Å². The smallest absolute Gasteiger partial charge is 0.131 e. The van der Waals surface area contributed by atoms with E-state index in [-0.39, 0.29) is 0 Å². The first-order chi connectivity index (χ1) is 7.25. The Hall–Kier alpha value is -1.48. The standard InChI is InChI=1S/C11H11ClN2O/c1-14(7-9-3-5-15-8-9)10-2-4-13-11(12)6-10/h2-6,8H,7H2,1H3. The second kappa shape index (κ2) is 4.36. The van der Waals surface area contributed by atoms with Gasteiger partial charge in [-0.25, -0.2) is 4.98 Å². The fourth-order valence-electron chi connectivity index (χ4n) is 1.38. The van der Waals surface area contributed by atoms with Crippen LogP contribution in [-0.4, -0.2) is 12.0 Å². The molecule has 0 aliphatic rings. The lowest BCUT2D eigenvalue weighted by atomic mass is 10.3. The molecule has 0 fully saturated rings. The first-order valence-corrected chi connectivity index (χ1v) is 4.97. The molecule has 78 valence electrons. The number of rotatable bonds is 3. The van der Waals surface area contributed by atoms with Gasteiger partial charge in [0.25, 0.3) is 0 Å². The number of halogens is 1. The monoisotopic (exact) mass is 222 g/mol. The van der Waals surface area contributed by atoms with Crippen LogP contribution >= 0.6 is 11.6 Å². The summed E-state index contributed by atoms with van der Waals surface area (Å²) in [6, 6.07) is 5.70. The van der Waals surface area contributed by atoms with Crippen LogP contribution in [0.15, 0.2) is 41.3 Å². The molecule has 0 atom stereocenters. The van der Waals surface area contributed by atoms with Crippen molar-refractivity contribution in [2.75, 3.05) is 11.9 Å². The minimum Gasteiger partial charge on any atom is -0.472 e. The van der Waals surface area contributed by atoms with E-state index in [2.05, 4.69) is 9.88 Å². The average Bonchev–Trinajstić information content (AvgIpc) is 2.70. The Morgan fingerprint density at radius 2 is 2.33 bits per heavy atom. The topological polar surface area (TPSA) is 29.3 Å². The van der Waals surface area contributed by atoms with Crippen molar-refractivity contribution in [3.63, 3.8) is 0 Å². The summed E-state index contributed by atoms with van der Waals surface area (Å²) < 4.78 is 5.01. The van der Waals surface area contributed by atoms with Gasteiger partial charge in [0, 0.05) is 31.0 Å². The molecular weight excluding hydrogens is 212 g/mol. The van der Waals surface area contributed by atoms with E-state index in [9.17, 15) is 0 Å². The van der Waals surface area contributed by atoms with Gasteiger partial charge in [-0.3, -0.25) is 0 Å². The van der Waals surface area contributed by atoms with Gasteiger partial charge in [-0.05, 0) is 18.2 Å². The molecule has 0 spiro atoms. The molecule has 0 saturated heterocycles. The molecule has 2 rings (SSSR count). The third kappa shape index (κ3) is 2.50. The molecule has 0 bridgehead atoms. The zero-order valence-corrected chi connectivity index (χ0v) is 9.11. The number of pyridine rings is 1. The highest BCUT2D eigenvalue weighted by atomic mass is 35.5. The average molecular weight is 223 g/mol. The number of aromatic nitrogens is 1. The van der Waals surface area contributed by atoms with Crippen molar-refractivity contribution in [2.45, 2.75) is 6.54 Å². The van der Waals surface area contributed by atoms with Gasteiger partial charge < -0.3 is 9.32 Å². The molecule has 0 amide bonds. The lowest BCUT2D eigenvalue weighted by Gasteiger charge is -2.18. The van der Waals surface area contributed by atoms with E-state index in [1.54, 1.807) is 18.7 Å². The quantitative estimate of drug-likeness (QED) is 0.748. The molecule has 0 unspecified atom stereocenters. The van der Waals surface area contributed by atoms with E-state index < -0.39 is 0 Å². The maximum Gasteiger partial charge on any atom is 0.131 e. The van der Waals surface area contributed by atoms with Crippen molar-refractivity contribution in [3.05, 3.63) is 47.6 Å². The maximum absolute atomic E-state index is 5.81. The molecule has 4 heteroatoms. The summed E-state index contributed by atoms with van der Waals surface area (Å²) in [5.74, 6) is 0. The number of furan rings is 1. The molecule has 2 heterocycles. The van der Waals surface area contributed by atoms with E-state index in [4.69, 9.17) is 16.0 Å². The highest BCUT2D eigenvalue weighted by Gasteiger charge is 2.03. The summed E-state index contributed by atoms with van der Waals surface area (Å²) in [6.45, 7) is 0.789. The number of hydrogen-bond acceptors (Lipinski definition) is 3. The molecule has 0 radical (unpaired) electrons. The maximum atomic E-state index is 5.81. The van der Waals surface area contributed by atoms with Crippen molar-refractivity contribution >= 4 is 17.3 Å². The third-order valence-corrected chi connectivity index (χ3v) is 2.36. The third-order valence-electron chi connectivity index (χ3n) is 2.15. The Morgan fingerprint density at radius 1 is 1.47 bits per heavy atom. The summed E-state index contributed by atoms with van der Waals surface area (Å²) >= 11 is 5.81. The number of anilines is 1. The summed E-state index contributed by atoms with van der Waals surface area (Å²) in [7, 11) is 2.00. The molecule has 0 saturated carbocycles. The van der Waals surface area contributed by atoms with E-state index in [1.165, 1.54) is 0 Å². The minimum absolute atomic E-state index is 0.506. The highest BCUT2D eigenvalue weighted by molar-refractivity contribution is 6.29. The second-order valence-corrected chi connectivity index (χ2v) is 3.71. The van der Waals surface area contributed by atoms with Crippen LogP contribution in [0.4, 0.5) is 5.69 Å². The van der Waals surface area contributed by atoms with Crippen LogP contribution in [0.1, 0.15) is 5.56 Å². The molecule has 0 N–H and O–H groups in total. The van der Waals surface area contributed by atoms with Crippen molar-refractivity contribution in [1.82, 2.24) is 4.98 Å².